The number of benzene rings is 1. The molecule has 0 aromatic heterocycles. The van der Waals surface area contributed by atoms with Crippen molar-refractivity contribution in [2.75, 3.05) is 26.8 Å². The van der Waals surface area contributed by atoms with Crippen LogP contribution in [0.1, 0.15) is 23.2 Å². The van der Waals surface area contributed by atoms with E-state index < -0.39 is 5.97 Å². The van der Waals surface area contributed by atoms with Crippen LogP contribution in [0.4, 0.5) is 0 Å². The van der Waals surface area contributed by atoms with E-state index in [-0.39, 0.29) is 17.5 Å². The number of carbonyl (C=O) groups is 2. The fourth-order valence-corrected chi connectivity index (χ4v) is 2.30. The second-order valence-electron chi connectivity index (χ2n) is 4.51. The lowest BCUT2D eigenvalue weighted by Gasteiger charge is -2.16. The van der Waals surface area contributed by atoms with Gasteiger partial charge in [0.15, 0.2) is 6.61 Å². The predicted molar refractivity (Wildman–Crippen MR) is 74.1 cm³/mol. The van der Waals surface area contributed by atoms with Crippen LogP contribution in [0.25, 0.3) is 0 Å². The maximum atomic E-state index is 11.8. The highest BCUT2D eigenvalue weighted by Gasteiger charge is 2.18. The van der Waals surface area contributed by atoms with Crippen molar-refractivity contribution in [1.82, 2.24) is 4.90 Å². The molecule has 1 aliphatic rings. The minimum absolute atomic E-state index is 0.0444. The molecule has 0 spiro atoms. The van der Waals surface area contributed by atoms with Crippen LogP contribution >= 0.6 is 11.6 Å². The van der Waals surface area contributed by atoms with E-state index in [2.05, 4.69) is 4.74 Å². The van der Waals surface area contributed by atoms with Gasteiger partial charge in [-0.05, 0) is 31.0 Å². The Morgan fingerprint density at radius 3 is 2.60 bits per heavy atom. The van der Waals surface area contributed by atoms with E-state index in [0.717, 1.165) is 25.9 Å². The summed E-state index contributed by atoms with van der Waals surface area (Å²) in [6, 6.07) is 4.57. The van der Waals surface area contributed by atoms with Gasteiger partial charge in [-0.2, -0.15) is 0 Å². The van der Waals surface area contributed by atoms with Crippen molar-refractivity contribution in [2.24, 2.45) is 0 Å². The largest absolute Gasteiger partial charge is 0.482 e. The zero-order chi connectivity index (χ0) is 14.5. The molecule has 0 N–H and O–H groups in total. The van der Waals surface area contributed by atoms with E-state index in [4.69, 9.17) is 16.3 Å². The van der Waals surface area contributed by atoms with Gasteiger partial charge in [-0.15, -0.1) is 0 Å². The number of ether oxygens (including phenoxy) is 2. The van der Waals surface area contributed by atoms with Crippen LogP contribution in [0, 0.1) is 0 Å². The number of esters is 1. The number of nitrogens with zero attached hydrogens (tertiary/aromatic N) is 1. The Balaban J connectivity index is 1.96. The molecule has 0 aliphatic carbocycles. The lowest BCUT2D eigenvalue weighted by molar-refractivity contribution is -0.132. The summed E-state index contributed by atoms with van der Waals surface area (Å²) in [6.45, 7) is 1.53. The molecule has 20 heavy (non-hydrogen) atoms. The summed E-state index contributed by atoms with van der Waals surface area (Å²) >= 11 is 6.02. The van der Waals surface area contributed by atoms with Crippen molar-refractivity contribution in [3.63, 3.8) is 0 Å². The summed E-state index contributed by atoms with van der Waals surface area (Å²) in [6.07, 6.45) is 2.08. The highest BCUT2D eigenvalue weighted by molar-refractivity contribution is 6.32. The Hall–Kier alpha value is -1.75. The molecule has 1 amide bonds. The number of likely N-dealkylation sites (tertiary alicyclic amines) is 1. The smallest absolute Gasteiger partial charge is 0.337 e. The van der Waals surface area contributed by atoms with Gasteiger partial charge in [0.2, 0.25) is 0 Å². The summed E-state index contributed by atoms with van der Waals surface area (Å²) in [5, 5.41) is 0.280. The maximum Gasteiger partial charge on any atom is 0.337 e. The van der Waals surface area contributed by atoms with Crippen LogP contribution in [-0.2, 0) is 9.53 Å². The lowest BCUT2D eigenvalue weighted by atomic mass is 10.2. The number of carbonyl (C=O) groups excluding carboxylic acids is 2. The highest BCUT2D eigenvalue weighted by Crippen LogP contribution is 2.26. The highest BCUT2D eigenvalue weighted by atomic mass is 35.5. The molecular formula is C14H16ClNO4. The van der Waals surface area contributed by atoms with Crippen molar-refractivity contribution in [1.29, 1.82) is 0 Å². The zero-order valence-electron chi connectivity index (χ0n) is 11.2. The molecule has 108 valence electrons. The van der Waals surface area contributed by atoms with Crippen LogP contribution < -0.4 is 4.74 Å². The molecule has 0 saturated carbocycles. The molecule has 5 nitrogen and oxygen atoms in total. The van der Waals surface area contributed by atoms with E-state index in [1.807, 2.05) is 0 Å². The molecule has 1 saturated heterocycles. The van der Waals surface area contributed by atoms with Crippen molar-refractivity contribution >= 4 is 23.5 Å². The van der Waals surface area contributed by atoms with E-state index in [1.54, 1.807) is 17.0 Å². The van der Waals surface area contributed by atoms with E-state index in [1.165, 1.54) is 13.2 Å². The Labute approximate surface area is 122 Å². The quantitative estimate of drug-likeness (QED) is 0.799. The Bertz CT molecular complexity index is 512. The SMILES string of the molecule is COC(=O)c1ccc(OCC(=O)N2CCCC2)c(Cl)c1. The molecular weight excluding hydrogens is 282 g/mol. The van der Waals surface area contributed by atoms with E-state index in [9.17, 15) is 9.59 Å². The average Bonchev–Trinajstić information content (AvgIpc) is 2.99. The summed E-state index contributed by atoms with van der Waals surface area (Å²) in [4.78, 5) is 24.9. The van der Waals surface area contributed by atoms with E-state index in [0.29, 0.717) is 11.3 Å². The first kappa shape index (κ1) is 14.7. The fourth-order valence-electron chi connectivity index (χ4n) is 2.06. The van der Waals surface area contributed by atoms with Gasteiger partial charge in [0.1, 0.15) is 5.75 Å². The summed E-state index contributed by atoms with van der Waals surface area (Å²) in [7, 11) is 1.30. The first-order chi connectivity index (χ1) is 9.61. The maximum absolute atomic E-state index is 11.8. The normalized spacial score (nSPS) is 14.2. The number of halogens is 1. The van der Waals surface area contributed by atoms with Gasteiger partial charge in [0.05, 0.1) is 17.7 Å². The van der Waals surface area contributed by atoms with Crippen LogP contribution in [0.15, 0.2) is 18.2 Å². The minimum atomic E-state index is -0.466. The van der Waals surface area contributed by atoms with Gasteiger partial charge in [-0.1, -0.05) is 11.6 Å². The number of hydrogen-bond acceptors (Lipinski definition) is 4. The third-order valence-corrected chi connectivity index (χ3v) is 3.46. The Morgan fingerprint density at radius 2 is 2.00 bits per heavy atom. The third-order valence-electron chi connectivity index (χ3n) is 3.16. The molecule has 1 heterocycles. The van der Waals surface area contributed by atoms with Crippen LogP contribution in [0.2, 0.25) is 5.02 Å². The lowest BCUT2D eigenvalue weighted by Crippen LogP contribution is -2.32. The molecule has 1 fully saturated rings. The summed E-state index contributed by atoms with van der Waals surface area (Å²) < 4.78 is 10.0. The van der Waals surface area contributed by atoms with Gasteiger partial charge in [-0.3, -0.25) is 4.79 Å². The molecule has 0 bridgehead atoms. The molecule has 2 rings (SSSR count). The molecule has 0 atom stereocenters. The third kappa shape index (κ3) is 3.42. The zero-order valence-corrected chi connectivity index (χ0v) is 12.0. The fraction of sp³-hybridized carbons (Fsp3) is 0.429. The predicted octanol–water partition coefficient (Wildman–Crippen LogP) is 2.13. The van der Waals surface area contributed by atoms with Crippen LogP contribution in [0.3, 0.4) is 0 Å². The molecule has 1 aromatic rings. The molecule has 1 aliphatic heterocycles. The van der Waals surface area contributed by atoms with Gasteiger partial charge < -0.3 is 14.4 Å². The van der Waals surface area contributed by atoms with Gasteiger partial charge in [0, 0.05) is 13.1 Å². The Morgan fingerprint density at radius 1 is 1.30 bits per heavy atom. The van der Waals surface area contributed by atoms with Crippen molar-refractivity contribution in [3.8, 4) is 5.75 Å². The second kappa shape index (κ2) is 6.61. The molecule has 0 unspecified atom stereocenters. The van der Waals surface area contributed by atoms with Crippen LogP contribution in [-0.4, -0.2) is 43.6 Å². The number of methoxy groups -OCH3 is 1. The first-order valence-corrected chi connectivity index (χ1v) is 6.78. The topological polar surface area (TPSA) is 55.8 Å². The van der Waals surface area contributed by atoms with Crippen LogP contribution in [0.5, 0.6) is 5.75 Å². The molecule has 1 aromatic carbocycles. The minimum Gasteiger partial charge on any atom is -0.482 e. The van der Waals surface area contributed by atoms with Gasteiger partial charge in [0.25, 0.3) is 5.91 Å². The number of amides is 1. The molecule has 6 heteroatoms. The van der Waals surface area contributed by atoms with Crippen molar-refractivity contribution in [3.05, 3.63) is 28.8 Å². The standard InChI is InChI=1S/C14H16ClNO4/c1-19-14(18)10-4-5-12(11(15)8-10)20-9-13(17)16-6-2-3-7-16/h4-5,8H,2-3,6-7,9H2,1H3. The number of rotatable bonds is 4. The average molecular weight is 298 g/mol. The van der Waals surface area contributed by atoms with Crippen molar-refractivity contribution < 1.29 is 19.1 Å². The van der Waals surface area contributed by atoms with Crippen molar-refractivity contribution in [2.45, 2.75) is 12.8 Å². The Kier molecular flexibility index (Phi) is 4.84. The summed E-state index contributed by atoms with van der Waals surface area (Å²) in [5.74, 6) is -0.130. The van der Waals surface area contributed by atoms with Gasteiger partial charge in [-0.25, -0.2) is 4.79 Å². The monoisotopic (exact) mass is 297 g/mol. The van der Waals surface area contributed by atoms with Gasteiger partial charge >= 0.3 is 5.97 Å². The number of hydrogen-bond donors (Lipinski definition) is 0. The molecule has 0 radical (unpaired) electrons. The second-order valence-corrected chi connectivity index (χ2v) is 4.92. The van der Waals surface area contributed by atoms with E-state index >= 15 is 0 Å². The summed E-state index contributed by atoms with van der Waals surface area (Å²) in [5.41, 5.74) is 0.343. The first-order valence-electron chi connectivity index (χ1n) is 6.40.